The highest BCUT2D eigenvalue weighted by Crippen LogP contribution is 2.51. The summed E-state index contributed by atoms with van der Waals surface area (Å²) in [6.45, 7) is 7.19. The number of hydrogen-bond donors (Lipinski definition) is 4. The molecule has 2 aromatic carbocycles. The number of nitrogens with one attached hydrogen (secondary N) is 4. The Bertz CT molecular complexity index is 2020. The summed E-state index contributed by atoms with van der Waals surface area (Å²) in [4.78, 5) is 13.4. The molecule has 1 fully saturated rings. The van der Waals surface area contributed by atoms with Crippen molar-refractivity contribution in [2.45, 2.75) is 45.2 Å². The average molecular weight is 612 g/mol. The van der Waals surface area contributed by atoms with Gasteiger partial charge in [0.15, 0.2) is 0 Å². The molecule has 0 unspecified atom stereocenters. The standard InChI is InChI=1S/C35H33N9S/c1-5-22-18-38-31-23(17-36)15-25(16-27(31)30(22)39-20-34(2,3)4)41-32(26-7-6-8-28-33(26)45-21-40-28)29-19-44(43-42-29)35(11-12-35)24-9-13-37-14-10-24/h1,6-10,13-16,18-19,21,32,41-43H,11-12,20H2,2-4H3,(H,38,39)/t32-/m0/s1. The van der Waals surface area contributed by atoms with Crippen LogP contribution in [0.2, 0.25) is 0 Å². The second-order valence-corrected chi connectivity index (χ2v) is 13.6. The van der Waals surface area contributed by atoms with Crippen LogP contribution >= 0.6 is 11.3 Å². The van der Waals surface area contributed by atoms with E-state index in [1.165, 1.54) is 5.56 Å². The van der Waals surface area contributed by atoms with Crippen molar-refractivity contribution in [2.24, 2.45) is 5.41 Å². The van der Waals surface area contributed by atoms with Gasteiger partial charge in [-0.25, -0.2) is 4.98 Å². The Morgan fingerprint density at radius 3 is 2.69 bits per heavy atom. The zero-order valence-electron chi connectivity index (χ0n) is 25.3. The highest BCUT2D eigenvalue weighted by Gasteiger charge is 2.50. The second kappa shape index (κ2) is 11.1. The summed E-state index contributed by atoms with van der Waals surface area (Å²) < 4.78 is 1.09. The number of pyridine rings is 2. The molecule has 10 heteroatoms. The van der Waals surface area contributed by atoms with Crippen molar-refractivity contribution in [2.75, 3.05) is 17.2 Å². The van der Waals surface area contributed by atoms with E-state index >= 15 is 0 Å². The fourth-order valence-electron chi connectivity index (χ4n) is 5.90. The molecule has 1 aliphatic carbocycles. The molecule has 0 amide bonds. The van der Waals surface area contributed by atoms with Gasteiger partial charge in [-0.3, -0.25) is 15.0 Å². The van der Waals surface area contributed by atoms with E-state index < -0.39 is 0 Å². The van der Waals surface area contributed by atoms with Gasteiger partial charge in [-0.15, -0.1) is 23.3 Å². The molecular weight excluding hydrogens is 579 g/mol. The molecule has 0 saturated heterocycles. The lowest BCUT2D eigenvalue weighted by molar-refractivity contribution is 0.176. The number of benzene rings is 2. The van der Waals surface area contributed by atoms with Crippen molar-refractivity contribution in [3.63, 3.8) is 0 Å². The molecular formula is C35H33N9S. The first-order valence-electron chi connectivity index (χ1n) is 14.9. The fourth-order valence-corrected chi connectivity index (χ4v) is 6.74. The first-order chi connectivity index (χ1) is 21.8. The Kier molecular flexibility index (Phi) is 7.04. The molecule has 4 heterocycles. The van der Waals surface area contributed by atoms with Gasteiger partial charge in [-0.1, -0.05) is 38.8 Å². The van der Waals surface area contributed by atoms with Gasteiger partial charge in [0.2, 0.25) is 0 Å². The van der Waals surface area contributed by atoms with E-state index in [2.05, 4.69) is 98.7 Å². The van der Waals surface area contributed by atoms with Crippen LogP contribution in [0.1, 0.15) is 61.9 Å². The van der Waals surface area contributed by atoms with E-state index in [1.807, 2.05) is 42.2 Å². The van der Waals surface area contributed by atoms with Crippen LogP contribution in [-0.4, -0.2) is 26.5 Å². The van der Waals surface area contributed by atoms with Crippen molar-refractivity contribution in [1.29, 1.82) is 5.26 Å². The lowest BCUT2D eigenvalue weighted by Crippen LogP contribution is -2.43. The highest BCUT2D eigenvalue weighted by molar-refractivity contribution is 7.17. The van der Waals surface area contributed by atoms with E-state index in [-0.39, 0.29) is 17.0 Å². The van der Waals surface area contributed by atoms with Crippen molar-refractivity contribution in [3.05, 3.63) is 101 Å². The van der Waals surface area contributed by atoms with Gasteiger partial charge in [0, 0.05) is 42.4 Å². The summed E-state index contributed by atoms with van der Waals surface area (Å²) in [5.74, 6) is 2.78. The Labute approximate surface area is 266 Å². The first kappa shape index (κ1) is 28.6. The topological polar surface area (TPSA) is 114 Å². The number of fused-ring (bicyclic) bond motifs is 2. The lowest BCUT2D eigenvalue weighted by atomic mass is 9.96. The summed E-state index contributed by atoms with van der Waals surface area (Å²) in [7, 11) is 0. The number of anilines is 2. The average Bonchev–Trinajstić information content (AvgIpc) is 3.45. The number of nitrogens with zero attached hydrogens (tertiary/aromatic N) is 5. The Hall–Kier alpha value is -5.16. The number of aromatic nitrogens is 3. The summed E-state index contributed by atoms with van der Waals surface area (Å²) >= 11 is 1.61. The molecule has 7 rings (SSSR count). The van der Waals surface area contributed by atoms with E-state index in [1.54, 1.807) is 17.5 Å². The molecule has 45 heavy (non-hydrogen) atoms. The molecule has 4 N–H and O–H groups in total. The predicted molar refractivity (Wildman–Crippen MR) is 180 cm³/mol. The van der Waals surface area contributed by atoms with Crippen molar-refractivity contribution < 1.29 is 0 Å². The normalized spacial score (nSPS) is 16.0. The van der Waals surface area contributed by atoms with Gasteiger partial charge in [0.05, 0.1) is 55.3 Å². The second-order valence-electron chi connectivity index (χ2n) is 12.7. The van der Waals surface area contributed by atoms with Gasteiger partial charge < -0.3 is 16.1 Å². The minimum atomic E-state index is -0.293. The van der Waals surface area contributed by atoms with Crippen LogP contribution in [0.3, 0.4) is 0 Å². The molecule has 3 aromatic heterocycles. The fraction of sp³-hybridized carbons (Fsp3) is 0.257. The van der Waals surface area contributed by atoms with E-state index in [0.717, 1.165) is 51.1 Å². The number of hydrogen-bond acceptors (Lipinski definition) is 10. The van der Waals surface area contributed by atoms with Crippen molar-refractivity contribution >= 4 is 43.8 Å². The van der Waals surface area contributed by atoms with Crippen LogP contribution < -0.4 is 21.6 Å². The summed E-state index contributed by atoms with van der Waals surface area (Å²) in [6.07, 6.45) is 15.5. The third-order valence-corrected chi connectivity index (χ3v) is 9.25. The van der Waals surface area contributed by atoms with Gasteiger partial charge in [0.1, 0.15) is 6.07 Å². The number of terminal acetylenes is 1. The molecule has 1 atom stereocenters. The smallest absolute Gasteiger partial charge is 0.102 e. The monoisotopic (exact) mass is 611 g/mol. The molecule has 0 spiro atoms. The molecule has 1 saturated carbocycles. The molecule has 9 nitrogen and oxygen atoms in total. The van der Waals surface area contributed by atoms with Crippen molar-refractivity contribution in [1.82, 2.24) is 30.9 Å². The SMILES string of the molecule is C#Cc1cnc2c(C#N)cc(N[C@H](C3=CN(C4(c5ccncc5)CC4)NN3)c3cccc4ncsc34)cc2c1NCC(C)(C)C. The van der Waals surface area contributed by atoms with Gasteiger partial charge in [0.25, 0.3) is 0 Å². The summed E-state index contributed by atoms with van der Waals surface area (Å²) in [6, 6.07) is 16.3. The maximum Gasteiger partial charge on any atom is 0.102 e. The van der Waals surface area contributed by atoms with Crippen LogP contribution in [0, 0.1) is 29.1 Å². The lowest BCUT2D eigenvalue weighted by Gasteiger charge is -2.27. The predicted octanol–water partition coefficient (Wildman–Crippen LogP) is 6.56. The molecule has 5 aromatic rings. The molecule has 0 bridgehead atoms. The van der Waals surface area contributed by atoms with Gasteiger partial charge in [-0.05, 0) is 59.7 Å². The molecule has 224 valence electrons. The van der Waals surface area contributed by atoms with Crippen LogP contribution in [0.25, 0.3) is 21.1 Å². The van der Waals surface area contributed by atoms with E-state index in [0.29, 0.717) is 23.2 Å². The van der Waals surface area contributed by atoms with Gasteiger partial charge in [-0.2, -0.15) is 5.26 Å². The molecule has 2 aliphatic rings. The zero-order chi connectivity index (χ0) is 31.2. The minimum absolute atomic E-state index is 0.0164. The minimum Gasteiger partial charge on any atom is -0.383 e. The third kappa shape index (κ3) is 5.29. The zero-order valence-corrected chi connectivity index (χ0v) is 26.2. The van der Waals surface area contributed by atoms with Crippen molar-refractivity contribution in [3.8, 4) is 18.4 Å². The largest absolute Gasteiger partial charge is 0.383 e. The molecule has 1 aliphatic heterocycles. The van der Waals surface area contributed by atoms with Crippen LogP contribution in [-0.2, 0) is 5.54 Å². The first-order valence-corrected chi connectivity index (χ1v) is 15.8. The summed E-state index contributed by atoms with van der Waals surface area (Å²) in [5, 5.41) is 20.5. The maximum absolute atomic E-state index is 10.2. The number of rotatable bonds is 8. The van der Waals surface area contributed by atoms with E-state index in [9.17, 15) is 5.26 Å². The van der Waals surface area contributed by atoms with Crippen LogP contribution in [0.5, 0.6) is 0 Å². The number of hydrazine groups is 2. The van der Waals surface area contributed by atoms with Crippen LogP contribution in [0.15, 0.2) is 78.5 Å². The van der Waals surface area contributed by atoms with Crippen LogP contribution in [0.4, 0.5) is 11.4 Å². The Morgan fingerprint density at radius 2 is 1.96 bits per heavy atom. The Balaban J connectivity index is 1.33. The molecule has 0 radical (unpaired) electrons. The third-order valence-electron chi connectivity index (χ3n) is 8.35. The quantitative estimate of drug-likeness (QED) is 0.145. The highest BCUT2D eigenvalue weighted by atomic mass is 32.1. The van der Waals surface area contributed by atoms with Gasteiger partial charge >= 0.3 is 0 Å². The Morgan fingerprint density at radius 1 is 1.13 bits per heavy atom. The number of nitriles is 1. The maximum atomic E-state index is 10.2. The summed E-state index contributed by atoms with van der Waals surface area (Å²) in [5.41, 5.74) is 16.1. The van der Waals surface area contributed by atoms with E-state index in [4.69, 9.17) is 6.42 Å². The number of thiazole rings is 1.